The molecule has 0 unspecified atom stereocenters. The molecular formula is C30H38N8O4. The first-order chi connectivity index (χ1) is 19.7. The molecule has 1 aliphatic heterocycles. The monoisotopic (exact) mass is 574 g/mol. The zero-order valence-corrected chi connectivity index (χ0v) is 25.1. The number of hydrogen-bond donors (Lipinski definition) is 4. The number of nitrogens with one attached hydrogen (secondary N) is 4. The number of amides is 5. The van der Waals surface area contributed by atoms with Crippen LogP contribution in [0.4, 0.5) is 16.2 Å². The highest BCUT2D eigenvalue weighted by Crippen LogP contribution is 2.28. The molecule has 0 spiro atoms. The molecule has 1 aliphatic rings. The Kier molecular flexibility index (Phi) is 8.37. The zero-order valence-electron chi connectivity index (χ0n) is 25.1. The molecule has 12 heteroatoms. The standard InChI is InChI=1S/C30H38N8O4/c1-8-31-25(39)22-12-10-19(16-33-22)21-15-20(11-9-18(21)2)34-28(42)35-23-17-38(29(3,4)5)36-24(23)26(40)37-14-13-32-27(41)30(37,6)7/h9-12,15-17H,8,13-14H2,1-7H3,(H,31,39)(H,32,41)(H2,34,35,42). The fourth-order valence-electron chi connectivity index (χ4n) is 4.58. The maximum atomic E-state index is 13.7. The molecule has 0 aliphatic carbocycles. The van der Waals surface area contributed by atoms with Crippen LogP contribution in [0.15, 0.2) is 42.7 Å². The number of aryl methyl sites for hydroxylation is 1. The van der Waals surface area contributed by atoms with Gasteiger partial charge in [0.05, 0.1) is 17.4 Å². The van der Waals surface area contributed by atoms with Crippen LogP contribution in [0.5, 0.6) is 0 Å². The molecule has 4 N–H and O–H groups in total. The molecule has 0 bridgehead atoms. The Bertz CT molecular complexity index is 1520. The summed E-state index contributed by atoms with van der Waals surface area (Å²) in [6.07, 6.45) is 3.24. The number of nitrogens with zero attached hydrogens (tertiary/aromatic N) is 4. The Labute approximate surface area is 245 Å². The highest BCUT2D eigenvalue weighted by Gasteiger charge is 2.42. The van der Waals surface area contributed by atoms with E-state index in [4.69, 9.17) is 0 Å². The third kappa shape index (κ3) is 6.27. The van der Waals surface area contributed by atoms with Crippen LogP contribution < -0.4 is 21.3 Å². The summed E-state index contributed by atoms with van der Waals surface area (Å²) >= 11 is 0. The molecule has 0 atom stereocenters. The molecule has 5 amide bonds. The molecule has 1 aromatic carbocycles. The van der Waals surface area contributed by atoms with Crippen molar-refractivity contribution in [2.24, 2.45) is 0 Å². The van der Waals surface area contributed by atoms with E-state index in [0.717, 1.165) is 16.7 Å². The van der Waals surface area contributed by atoms with Crippen molar-refractivity contribution in [3.8, 4) is 11.1 Å². The first-order valence-corrected chi connectivity index (χ1v) is 13.9. The fourth-order valence-corrected chi connectivity index (χ4v) is 4.58. The summed E-state index contributed by atoms with van der Waals surface area (Å²) < 4.78 is 1.62. The summed E-state index contributed by atoms with van der Waals surface area (Å²) in [7, 11) is 0. The van der Waals surface area contributed by atoms with E-state index in [-0.39, 0.29) is 23.2 Å². The quantitative estimate of drug-likeness (QED) is 0.352. The maximum Gasteiger partial charge on any atom is 0.323 e. The Morgan fingerprint density at radius 1 is 1.10 bits per heavy atom. The molecule has 1 saturated heterocycles. The van der Waals surface area contributed by atoms with E-state index in [2.05, 4.69) is 31.3 Å². The van der Waals surface area contributed by atoms with E-state index in [1.807, 2.05) is 52.8 Å². The van der Waals surface area contributed by atoms with Gasteiger partial charge in [-0.05, 0) is 77.8 Å². The van der Waals surface area contributed by atoms with Gasteiger partial charge in [-0.1, -0.05) is 12.1 Å². The maximum absolute atomic E-state index is 13.7. The van der Waals surface area contributed by atoms with Crippen LogP contribution in [0.1, 0.15) is 68.1 Å². The van der Waals surface area contributed by atoms with E-state index < -0.39 is 23.0 Å². The number of urea groups is 1. The van der Waals surface area contributed by atoms with Crippen molar-refractivity contribution in [1.82, 2.24) is 30.3 Å². The number of carbonyl (C=O) groups excluding carboxylic acids is 4. The smallest absolute Gasteiger partial charge is 0.323 e. The minimum Gasteiger partial charge on any atom is -0.352 e. The van der Waals surface area contributed by atoms with Crippen molar-refractivity contribution in [3.05, 3.63) is 59.7 Å². The number of rotatable bonds is 6. The third-order valence-electron chi connectivity index (χ3n) is 7.09. The summed E-state index contributed by atoms with van der Waals surface area (Å²) in [6.45, 7) is 14.1. The second-order valence-electron chi connectivity index (χ2n) is 11.7. The predicted molar refractivity (Wildman–Crippen MR) is 160 cm³/mol. The van der Waals surface area contributed by atoms with Crippen molar-refractivity contribution in [3.63, 3.8) is 0 Å². The number of benzene rings is 1. The highest BCUT2D eigenvalue weighted by molar-refractivity contribution is 6.07. The van der Waals surface area contributed by atoms with Crippen LogP contribution in [-0.4, -0.2) is 68.6 Å². The Morgan fingerprint density at radius 3 is 2.48 bits per heavy atom. The third-order valence-corrected chi connectivity index (χ3v) is 7.09. The lowest BCUT2D eigenvalue weighted by atomic mass is 9.98. The first-order valence-electron chi connectivity index (χ1n) is 13.9. The van der Waals surface area contributed by atoms with Crippen LogP contribution in [0, 0.1) is 6.92 Å². The van der Waals surface area contributed by atoms with E-state index in [1.165, 1.54) is 4.90 Å². The Hall–Kier alpha value is -4.74. The lowest BCUT2D eigenvalue weighted by molar-refractivity contribution is -0.133. The number of aromatic nitrogens is 3. The number of carbonyl (C=O) groups is 4. The lowest BCUT2D eigenvalue weighted by Crippen LogP contribution is -2.63. The van der Waals surface area contributed by atoms with E-state index in [1.54, 1.807) is 43.1 Å². The van der Waals surface area contributed by atoms with Crippen molar-refractivity contribution >= 4 is 35.1 Å². The van der Waals surface area contributed by atoms with Crippen molar-refractivity contribution in [2.75, 3.05) is 30.3 Å². The minimum atomic E-state index is -1.08. The van der Waals surface area contributed by atoms with Crippen LogP contribution in [0.2, 0.25) is 0 Å². The van der Waals surface area contributed by atoms with Crippen molar-refractivity contribution in [1.29, 1.82) is 0 Å². The van der Waals surface area contributed by atoms with Crippen LogP contribution in [0.25, 0.3) is 11.1 Å². The summed E-state index contributed by atoms with van der Waals surface area (Å²) in [6, 6.07) is 8.37. The van der Waals surface area contributed by atoms with Gasteiger partial charge in [0, 0.05) is 37.1 Å². The highest BCUT2D eigenvalue weighted by atomic mass is 16.2. The molecule has 12 nitrogen and oxygen atoms in total. The Morgan fingerprint density at radius 2 is 1.83 bits per heavy atom. The molecule has 4 rings (SSSR count). The number of piperazine rings is 1. The van der Waals surface area contributed by atoms with E-state index >= 15 is 0 Å². The van der Waals surface area contributed by atoms with Crippen molar-refractivity contribution in [2.45, 2.75) is 59.5 Å². The van der Waals surface area contributed by atoms with Gasteiger partial charge in [0.2, 0.25) is 5.91 Å². The second kappa shape index (κ2) is 11.6. The number of anilines is 2. The average Bonchev–Trinajstić information content (AvgIpc) is 3.35. The minimum absolute atomic E-state index is 0.0470. The van der Waals surface area contributed by atoms with Gasteiger partial charge in [0.1, 0.15) is 11.2 Å². The predicted octanol–water partition coefficient (Wildman–Crippen LogP) is 3.75. The summed E-state index contributed by atoms with van der Waals surface area (Å²) in [5.74, 6) is -0.948. The molecule has 3 aromatic rings. The Balaban J connectivity index is 1.57. The normalized spacial score (nSPS) is 14.6. The summed E-state index contributed by atoms with van der Waals surface area (Å²) in [5.41, 5.74) is 2.16. The molecular weight excluding hydrogens is 536 g/mol. The van der Waals surface area contributed by atoms with Gasteiger partial charge < -0.3 is 26.2 Å². The van der Waals surface area contributed by atoms with Crippen LogP contribution in [-0.2, 0) is 10.3 Å². The molecule has 0 saturated carbocycles. The van der Waals surface area contributed by atoms with Crippen LogP contribution >= 0.6 is 0 Å². The molecule has 1 fully saturated rings. The van der Waals surface area contributed by atoms with Gasteiger partial charge >= 0.3 is 6.03 Å². The topological polar surface area (TPSA) is 150 Å². The zero-order chi connectivity index (χ0) is 30.8. The van der Waals surface area contributed by atoms with Gasteiger partial charge in [0.25, 0.3) is 11.8 Å². The van der Waals surface area contributed by atoms with Gasteiger partial charge in [-0.2, -0.15) is 5.10 Å². The average molecular weight is 575 g/mol. The van der Waals surface area contributed by atoms with E-state index in [9.17, 15) is 19.2 Å². The summed E-state index contributed by atoms with van der Waals surface area (Å²) in [5, 5.41) is 15.6. The molecule has 3 heterocycles. The molecule has 222 valence electrons. The summed E-state index contributed by atoms with van der Waals surface area (Å²) in [4.78, 5) is 57.2. The second-order valence-corrected chi connectivity index (χ2v) is 11.7. The molecule has 0 radical (unpaired) electrons. The number of hydrogen-bond acceptors (Lipinski definition) is 6. The van der Waals surface area contributed by atoms with Crippen LogP contribution in [0.3, 0.4) is 0 Å². The molecule has 42 heavy (non-hydrogen) atoms. The largest absolute Gasteiger partial charge is 0.352 e. The number of pyridine rings is 1. The SMILES string of the molecule is CCNC(=O)c1ccc(-c2cc(NC(=O)Nc3cn(C(C)(C)C)nc3C(=O)N3CCNC(=O)C3(C)C)ccc2C)cn1. The van der Waals surface area contributed by atoms with Gasteiger partial charge in [0.15, 0.2) is 5.69 Å². The molecule has 2 aromatic heterocycles. The first kappa shape index (κ1) is 30.2. The van der Waals surface area contributed by atoms with E-state index in [0.29, 0.717) is 31.0 Å². The fraction of sp³-hybridized carbons (Fsp3) is 0.400. The lowest BCUT2D eigenvalue weighted by Gasteiger charge is -2.40. The van der Waals surface area contributed by atoms with Crippen molar-refractivity contribution < 1.29 is 19.2 Å². The van der Waals surface area contributed by atoms with Gasteiger partial charge in [-0.3, -0.25) is 24.0 Å². The van der Waals surface area contributed by atoms with Gasteiger partial charge in [-0.15, -0.1) is 0 Å². The van der Waals surface area contributed by atoms with Gasteiger partial charge in [-0.25, -0.2) is 4.79 Å².